The highest BCUT2D eigenvalue weighted by Gasteiger charge is 2.25. The molecule has 0 saturated carbocycles. The summed E-state index contributed by atoms with van der Waals surface area (Å²) in [5.74, 6) is -1.07. The number of rotatable bonds is 4. The molecule has 2 rings (SSSR count). The molecule has 1 aromatic rings. The molecular formula is C14H15N4O5S-. The molecule has 0 unspecified atom stereocenters. The summed E-state index contributed by atoms with van der Waals surface area (Å²) < 4.78 is 5.94. The van der Waals surface area contributed by atoms with Crippen LogP contribution in [0.15, 0.2) is 34.9 Å². The third kappa shape index (κ3) is 3.23. The van der Waals surface area contributed by atoms with Crippen molar-refractivity contribution in [2.24, 2.45) is 0 Å². The van der Waals surface area contributed by atoms with Gasteiger partial charge < -0.3 is 26.0 Å². The van der Waals surface area contributed by atoms with Gasteiger partial charge >= 0.3 is 5.97 Å². The predicted octanol–water partition coefficient (Wildman–Crippen LogP) is 1.67. The van der Waals surface area contributed by atoms with Crippen molar-refractivity contribution >= 4 is 35.1 Å². The molecule has 0 amide bonds. The summed E-state index contributed by atoms with van der Waals surface area (Å²) >= 11 is 1.18. The highest BCUT2D eigenvalue weighted by atomic mass is 32.2. The summed E-state index contributed by atoms with van der Waals surface area (Å²) in [4.78, 5) is 11.5. The van der Waals surface area contributed by atoms with E-state index in [9.17, 15) is 20.3 Å². The van der Waals surface area contributed by atoms with Crippen LogP contribution in [0, 0.1) is 10.4 Å². The zero-order chi connectivity index (χ0) is 17.9. The molecule has 0 spiro atoms. The van der Waals surface area contributed by atoms with Crippen molar-refractivity contribution in [3.63, 3.8) is 0 Å². The molecule has 0 atom stereocenters. The molecule has 128 valence electrons. The second kappa shape index (κ2) is 7.13. The van der Waals surface area contributed by atoms with Gasteiger partial charge in [-0.05, 0) is 25.3 Å². The first kappa shape index (κ1) is 17.5. The van der Waals surface area contributed by atoms with Crippen molar-refractivity contribution in [2.75, 3.05) is 18.6 Å². The Kier molecular flexibility index (Phi) is 5.19. The third-order valence-electron chi connectivity index (χ3n) is 3.10. The number of aliphatic hydroxyl groups is 1. The van der Waals surface area contributed by atoms with E-state index < -0.39 is 10.9 Å². The van der Waals surface area contributed by atoms with Gasteiger partial charge in [0.15, 0.2) is 0 Å². The zero-order valence-electron chi connectivity index (χ0n) is 12.9. The topological polar surface area (TPSA) is 140 Å². The largest absolute Gasteiger partial charge is 0.612 e. The Hall–Kier alpha value is -2.88. The molecule has 9 nitrogen and oxygen atoms in total. The van der Waals surface area contributed by atoms with Crippen LogP contribution in [0.25, 0.3) is 5.88 Å². The number of aromatic nitrogens is 2. The molecule has 10 heteroatoms. The smallest absolute Gasteiger partial charge is 0.344 e. The standard InChI is InChI=1S/C14H15N4O5S/c1-3-23-14(20)10-11(15)17(16-12(10)24-2)13(19)8-4-6-9(7-5-8)18(21)22/h4-7H,3H2,1-2H3,(H3-,15,16,19,20,21,22)/q-1. The fraction of sp³-hybridized carbons (Fsp3) is 0.214. The van der Waals surface area contributed by atoms with Gasteiger partial charge in [-0.2, -0.15) is 14.7 Å². The minimum absolute atomic E-state index is 0.0674. The van der Waals surface area contributed by atoms with E-state index in [1.54, 1.807) is 13.2 Å². The monoisotopic (exact) mass is 351 g/mol. The number of nitrogens with zero attached hydrogens (tertiary/aromatic N) is 3. The quantitative estimate of drug-likeness (QED) is 0.274. The Balaban J connectivity index is 2.49. The molecule has 0 saturated heterocycles. The summed E-state index contributed by atoms with van der Waals surface area (Å²) in [5.41, 5.74) is 6.14. The Morgan fingerprint density at radius 2 is 2.04 bits per heavy atom. The summed E-state index contributed by atoms with van der Waals surface area (Å²) in [6, 6.07) is 0. The van der Waals surface area contributed by atoms with E-state index >= 15 is 0 Å². The average molecular weight is 351 g/mol. The lowest BCUT2D eigenvalue weighted by atomic mass is 10.1. The average Bonchev–Trinajstić information content (AvgIpc) is 2.91. The van der Waals surface area contributed by atoms with E-state index in [2.05, 4.69) is 5.10 Å². The molecule has 24 heavy (non-hydrogen) atoms. The number of ether oxygens (including phenoxy) is 1. The molecule has 0 aliphatic heterocycles. The second-order valence-corrected chi connectivity index (χ2v) is 5.32. The summed E-state index contributed by atoms with van der Waals surface area (Å²) in [6.45, 7) is 1.84. The minimum atomic E-state index is -0.637. The van der Waals surface area contributed by atoms with Gasteiger partial charge in [-0.25, -0.2) is 4.79 Å². The fourth-order valence-electron chi connectivity index (χ4n) is 1.96. The Morgan fingerprint density at radius 1 is 1.42 bits per heavy atom. The van der Waals surface area contributed by atoms with Crippen LogP contribution >= 0.6 is 11.8 Å². The van der Waals surface area contributed by atoms with Crippen LogP contribution in [0.2, 0.25) is 0 Å². The first-order valence-corrected chi connectivity index (χ1v) is 8.03. The molecule has 0 aromatic carbocycles. The number of thioether (sulfide) groups is 1. The van der Waals surface area contributed by atoms with Crippen molar-refractivity contribution < 1.29 is 19.5 Å². The number of carbonyl (C=O) groups excluding carboxylic acids is 1. The highest BCUT2D eigenvalue weighted by molar-refractivity contribution is 7.98. The van der Waals surface area contributed by atoms with Crippen LogP contribution in [-0.4, -0.2) is 44.3 Å². The number of allylic oxidation sites excluding steroid dienone is 5. The number of nitrogen functional groups attached to an aromatic ring is 1. The van der Waals surface area contributed by atoms with Crippen LogP contribution in [-0.2, 0) is 4.74 Å². The molecule has 3 N–H and O–H groups in total. The first-order chi connectivity index (χ1) is 11.4. The van der Waals surface area contributed by atoms with Gasteiger partial charge in [-0.1, -0.05) is 0 Å². The molecular weight excluding hydrogens is 336 g/mol. The molecule has 0 radical (unpaired) electrons. The van der Waals surface area contributed by atoms with E-state index in [0.29, 0.717) is 5.03 Å². The second-order valence-electron chi connectivity index (χ2n) is 4.53. The first-order valence-electron chi connectivity index (χ1n) is 6.81. The fourth-order valence-corrected chi connectivity index (χ4v) is 2.52. The third-order valence-corrected chi connectivity index (χ3v) is 3.77. The van der Waals surface area contributed by atoms with Crippen LogP contribution in [0.1, 0.15) is 17.3 Å². The maximum atomic E-state index is 12.0. The van der Waals surface area contributed by atoms with Crippen molar-refractivity contribution in [3.05, 3.63) is 45.9 Å². The van der Waals surface area contributed by atoms with Crippen LogP contribution < -0.4 is 5.73 Å². The van der Waals surface area contributed by atoms with Crippen molar-refractivity contribution in [2.45, 2.75) is 11.9 Å². The maximum Gasteiger partial charge on any atom is 0.344 e. The minimum Gasteiger partial charge on any atom is -0.612 e. The Bertz CT molecular complexity index is 769. The zero-order valence-corrected chi connectivity index (χ0v) is 13.7. The van der Waals surface area contributed by atoms with E-state index in [1.165, 1.54) is 36.1 Å². The number of hydrogen-bond donors (Lipinski definition) is 2. The highest BCUT2D eigenvalue weighted by Crippen LogP contribution is 2.28. The van der Waals surface area contributed by atoms with Gasteiger partial charge in [0, 0.05) is 17.7 Å². The van der Waals surface area contributed by atoms with Gasteiger partial charge in [0.1, 0.15) is 16.4 Å². The molecule has 0 bridgehead atoms. The lowest BCUT2D eigenvalue weighted by Crippen LogP contribution is -2.11. The number of carbonyl (C=O) groups is 1. The summed E-state index contributed by atoms with van der Waals surface area (Å²) in [6.07, 6.45) is 6.91. The van der Waals surface area contributed by atoms with Crippen molar-refractivity contribution in [3.8, 4) is 0 Å². The number of anilines is 1. The summed E-state index contributed by atoms with van der Waals surface area (Å²) in [7, 11) is 0. The maximum absolute atomic E-state index is 12.0. The summed E-state index contributed by atoms with van der Waals surface area (Å²) in [5, 5.41) is 36.1. The molecule has 0 fully saturated rings. The van der Waals surface area contributed by atoms with Crippen molar-refractivity contribution in [1.82, 2.24) is 9.78 Å². The molecule has 1 aromatic heterocycles. The molecule has 1 aliphatic carbocycles. The Morgan fingerprint density at radius 3 is 2.54 bits per heavy atom. The lowest BCUT2D eigenvalue weighted by molar-refractivity contribution is -0.377. The number of hydrogen-bond acceptors (Lipinski definition) is 8. The van der Waals surface area contributed by atoms with E-state index in [4.69, 9.17) is 10.5 Å². The number of esters is 1. The van der Waals surface area contributed by atoms with Crippen LogP contribution in [0.4, 0.5) is 5.82 Å². The van der Waals surface area contributed by atoms with Gasteiger partial charge in [0.2, 0.25) is 11.6 Å². The van der Waals surface area contributed by atoms with Gasteiger partial charge in [0.25, 0.3) is 0 Å². The van der Waals surface area contributed by atoms with Crippen LogP contribution in [0.3, 0.4) is 0 Å². The Labute approximate surface area is 141 Å². The van der Waals surface area contributed by atoms with Gasteiger partial charge in [-0.15, -0.1) is 11.8 Å². The van der Waals surface area contributed by atoms with E-state index in [1.807, 2.05) is 0 Å². The van der Waals surface area contributed by atoms with Crippen LogP contribution in [0.5, 0.6) is 0 Å². The normalized spacial score (nSPS) is 13.2. The number of nitrogens with two attached hydrogens (primary N) is 1. The SMILES string of the molecule is CCOC(=O)c1c(SC)nn(C(O)=C2C=CC(=[N+]([O-])[O-])C=C2)c1N. The molecule has 1 aliphatic rings. The predicted molar refractivity (Wildman–Crippen MR) is 90.5 cm³/mol. The van der Waals surface area contributed by atoms with E-state index in [-0.39, 0.29) is 35.2 Å². The lowest BCUT2D eigenvalue weighted by Gasteiger charge is -2.10. The van der Waals surface area contributed by atoms with Crippen molar-refractivity contribution in [1.29, 1.82) is 0 Å². The molecule has 1 heterocycles. The van der Waals surface area contributed by atoms with Gasteiger partial charge in [-0.3, -0.25) is 0 Å². The van der Waals surface area contributed by atoms with E-state index in [0.717, 1.165) is 4.68 Å². The number of aliphatic hydroxyl groups excluding tert-OH is 1. The van der Waals surface area contributed by atoms with Gasteiger partial charge in [0.05, 0.1) is 6.61 Å².